The highest BCUT2D eigenvalue weighted by Gasteiger charge is 2.08. The summed E-state index contributed by atoms with van der Waals surface area (Å²) in [5.41, 5.74) is 0.272. The predicted octanol–water partition coefficient (Wildman–Crippen LogP) is 1.78. The summed E-state index contributed by atoms with van der Waals surface area (Å²) >= 11 is 0. The molecule has 0 heterocycles. The minimum Gasteiger partial charge on any atom is -0.310 e. The monoisotopic (exact) mass is 115 g/mol. The minimum atomic E-state index is 0.272. The number of rotatable bonds is 1. The van der Waals surface area contributed by atoms with Gasteiger partial charge in [0.05, 0.1) is 0 Å². The van der Waals surface area contributed by atoms with Crippen molar-refractivity contribution in [1.29, 1.82) is 0 Å². The molecule has 8 heavy (non-hydrogen) atoms. The number of nitrogens with one attached hydrogen (secondary N) is 1. The fourth-order valence-electron chi connectivity index (χ4n) is 0.866. The molecule has 0 bridgehead atoms. The lowest BCUT2D eigenvalue weighted by molar-refractivity contribution is 0.386. The Hall–Kier alpha value is -0.0400. The lowest BCUT2D eigenvalue weighted by Gasteiger charge is -2.23. The summed E-state index contributed by atoms with van der Waals surface area (Å²) < 4.78 is 0. The second-order valence-electron chi connectivity index (χ2n) is 3.55. The van der Waals surface area contributed by atoms with Gasteiger partial charge < -0.3 is 5.32 Å². The van der Waals surface area contributed by atoms with Crippen LogP contribution in [-0.4, -0.2) is 11.6 Å². The first-order valence-electron chi connectivity index (χ1n) is 3.19. The zero-order chi connectivity index (χ0) is 6.78. The Bertz CT molecular complexity index is 59.3. The van der Waals surface area contributed by atoms with E-state index in [1.807, 2.05) is 0 Å². The molecule has 1 heteroatoms. The SMILES string of the molecule is CC(C)NC(C)(C)C. The van der Waals surface area contributed by atoms with E-state index in [2.05, 4.69) is 39.9 Å². The molecule has 1 N–H and O–H groups in total. The molecule has 0 amide bonds. The van der Waals surface area contributed by atoms with E-state index in [0.29, 0.717) is 6.04 Å². The van der Waals surface area contributed by atoms with E-state index >= 15 is 0 Å². The third kappa shape index (κ3) is 5.96. The molecule has 0 fully saturated rings. The average Bonchev–Trinajstić information content (AvgIpc) is 1.21. The molecular formula is C7H17N. The number of hydrogen-bond acceptors (Lipinski definition) is 1. The van der Waals surface area contributed by atoms with Crippen LogP contribution in [0, 0.1) is 0 Å². The van der Waals surface area contributed by atoms with Crippen LogP contribution in [0.25, 0.3) is 0 Å². The van der Waals surface area contributed by atoms with Crippen molar-refractivity contribution in [2.24, 2.45) is 0 Å². The summed E-state index contributed by atoms with van der Waals surface area (Å²) in [5, 5.41) is 3.38. The molecule has 0 aliphatic rings. The lowest BCUT2D eigenvalue weighted by atomic mass is 10.1. The smallest absolute Gasteiger partial charge is 0.00988 e. The van der Waals surface area contributed by atoms with Gasteiger partial charge in [-0.3, -0.25) is 0 Å². The highest BCUT2D eigenvalue weighted by atomic mass is 15.0. The van der Waals surface area contributed by atoms with Gasteiger partial charge in [-0.05, 0) is 20.8 Å². The normalized spacial score (nSPS) is 12.8. The van der Waals surface area contributed by atoms with Crippen LogP contribution in [0.2, 0.25) is 0 Å². The van der Waals surface area contributed by atoms with Crippen molar-refractivity contribution in [3.63, 3.8) is 0 Å². The molecule has 0 radical (unpaired) electrons. The van der Waals surface area contributed by atoms with Gasteiger partial charge in [0.2, 0.25) is 0 Å². The Morgan fingerprint density at radius 2 is 1.50 bits per heavy atom. The third-order valence-corrected chi connectivity index (χ3v) is 0.722. The van der Waals surface area contributed by atoms with Gasteiger partial charge in [-0.25, -0.2) is 0 Å². The summed E-state index contributed by atoms with van der Waals surface area (Å²) in [6.45, 7) is 10.8. The summed E-state index contributed by atoms with van der Waals surface area (Å²) in [6.07, 6.45) is 0. The molecule has 0 atom stereocenters. The van der Waals surface area contributed by atoms with Gasteiger partial charge in [0.1, 0.15) is 0 Å². The average molecular weight is 115 g/mol. The van der Waals surface area contributed by atoms with E-state index in [-0.39, 0.29) is 5.54 Å². The molecular weight excluding hydrogens is 98.1 g/mol. The van der Waals surface area contributed by atoms with Crippen LogP contribution in [0.1, 0.15) is 34.6 Å². The molecule has 0 unspecified atom stereocenters. The lowest BCUT2D eigenvalue weighted by Crippen LogP contribution is -2.40. The van der Waals surface area contributed by atoms with E-state index in [9.17, 15) is 0 Å². The van der Waals surface area contributed by atoms with Crippen molar-refractivity contribution in [3.05, 3.63) is 0 Å². The van der Waals surface area contributed by atoms with Crippen molar-refractivity contribution in [2.75, 3.05) is 0 Å². The summed E-state index contributed by atoms with van der Waals surface area (Å²) in [7, 11) is 0. The molecule has 0 rings (SSSR count). The van der Waals surface area contributed by atoms with Crippen LogP contribution in [0.4, 0.5) is 0 Å². The Morgan fingerprint density at radius 3 is 1.50 bits per heavy atom. The highest BCUT2D eigenvalue weighted by Crippen LogP contribution is 1.99. The standard InChI is InChI=1S/C7H17N/c1-6(2)8-7(3,4)5/h6,8H,1-5H3. The second kappa shape index (κ2) is 2.49. The summed E-state index contributed by atoms with van der Waals surface area (Å²) in [6, 6.07) is 0.593. The fourth-order valence-corrected chi connectivity index (χ4v) is 0.866. The van der Waals surface area contributed by atoms with Crippen molar-refractivity contribution in [2.45, 2.75) is 46.2 Å². The predicted molar refractivity (Wildman–Crippen MR) is 38.0 cm³/mol. The molecule has 0 aromatic heterocycles. The van der Waals surface area contributed by atoms with Crippen molar-refractivity contribution in [1.82, 2.24) is 5.32 Å². The molecule has 0 aliphatic carbocycles. The van der Waals surface area contributed by atoms with Gasteiger partial charge in [-0.2, -0.15) is 0 Å². The first-order valence-corrected chi connectivity index (χ1v) is 3.19. The molecule has 0 spiro atoms. The van der Waals surface area contributed by atoms with Gasteiger partial charge in [0.25, 0.3) is 0 Å². The van der Waals surface area contributed by atoms with Crippen LogP contribution in [0.3, 0.4) is 0 Å². The van der Waals surface area contributed by atoms with E-state index < -0.39 is 0 Å². The molecule has 0 saturated heterocycles. The van der Waals surface area contributed by atoms with Gasteiger partial charge in [0.15, 0.2) is 0 Å². The second-order valence-corrected chi connectivity index (χ2v) is 3.55. The molecule has 0 saturated carbocycles. The summed E-state index contributed by atoms with van der Waals surface area (Å²) in [4.78, 5) is 0. The van der Waals surface area contributed by atoms with E-state index in [4.69, 9.17) is 0 Å². The Morgan fingerprint density at radius 1 is 1.12 bits per heavy atom. The molecule has 0 aromatic rings. The minimum absolute atomic E-state index is 0.272. The van der Waals surface area contributed by atoms with Gasteiger partial charge >= 0.3 is 0 Å². The van der Waals surface area contributed by atoms with Crippen molar-refractivity contribution >= 4 is 0 Å². The maximum atomic E-state index is 3.38. The van der Waals surface area contributed by atoms with Gasteiger partial charge in [-0.15, -0.1) is 0 Å². The van der Waals surface area contributed by atoms with Crippen molar-refractivity contribution in [3.8, 4) is 0 Å². The highest BCUT2D eigenvalue weighted by molar-refractivity contribution is 4.71. The number of hydrogen-bond donors (Lipinski definition) is 1. The van der Waals surface area contributed by atoms with Crippen LogP contribution < -0.4 is 5.32 Å². The molecule has 0 aliphatic heterocycles. The van der Waals surface area contributed by atoms with E-state index in [1.54, 1.807) is 0 Å². The molecule has 50 valence electrons. The Kier molecular flexibility index (Phi) is 2.48. The first-order chi connectivity index (χ1) is 3.42. The molecule has 1 nitrogen and oxygen atoms in total. The molecule has 0 aromatic carbocycles. The zero-order valence-electron chi connectivity index (χ0n) is 6.58. The van der Waals surface area contributed by atoms with Crippen LogP contribution in [0.5, 0.6) is 0 Å². The van der Waals surface area contributed by atoms with E-state index in [0.717, 1.165) is 0 Å². The maximum absolute atomic E-state index is 3.38. The first kappa shape index (κ1) is 7.96. The summed E-state index contributed by atoms with van der Waals surface area (Å²) in [5.74, 6) is 0. The van der Waals surface area contributed by atoms with Crippen LogP contribution >= 0.6 is 0 Å². The largest absolute Gasteiger partial charge is 0.310 e. The zero-order valence-corrected chi connectivity index (χ0v) is 6.58. The third-order valence-electron chi connectivity index (χ3n) is 0.722. The van der Waals surface area contributed by atoms with Crippen LogP contribution in [-0.2, 0) is 0 Å². The topological polar surface area (TPSA) is 12.0 Å². The van der Waals surface area contributed by atoms with Crippen LogP contribution in [0.15, 0.2) is 0 Å². The Balaban J connectivity index is 3.39. The van der Waals surface area contributed by atoms with Crippen molar-refractivity contribution < 1.29 is 0 Å². The maximum Gasteiger partial charge on any atom is 0.00988 e. The quantitative estimate of drug-likeness (QED) is 0.549. The van der Waals surface area contributed by atoms with E-state index in [1.165, 1.54) is 0 Å². The Labute approximate surface area is 52.5 Å². The fraction of sp³-hybridized carbons (Fsp3) is 1.00. The van der Waals surface area contributed by atoms with Gasteiger partial charge in [0, 0.05) is 11.6 Å². The van der Waals surface area contributed by atoms with Gasteiger partial charge in [-0.1, -0.05) is 13.8 Å².